The Morgan fingerprint density at radius 1 is 1.16 bits per heavy atom. The van der Waals surface area contributed by atoms with E-state index in [0.717, 1.165) is 12.2 Å². The predicted octanol–water partition coefficient (Wildman–Crippen LogP) is 5.11. The lowest BCUT2D eigenvalue weighted by Gasteiger charge is -2.15. The quantitative estimate of drug-likeness (QED) is 0.822. The molecule has 0 amide bonds. The van der Waals surface area contributed by atoms with Gasteiger partial charge in [0.05, 0.1) is 0 Å². The Hall–Kier alpha value is -1.35. The van der Waals surface area contributed by atoms with Crippen LogP contribution in [0.15, 0.2) is 30.3 Å². The molecule has 0 radical (unpaired) electrons. The van der Waals surface area contributed by atoms with Crippen LogP contribution in [-0.4, -0.2) is 0 Å². The van der Waals surface area contributed by atoms with Crippen LogP contribution in [0.25, 0.3) is 0 Å². The number of halogens is 1. The average Bonchev–Trinajstić information content (AvgIpc) is 2.79. The first-order valence-electron chi connectivity index (χ1n) is 6.45. The second kappa shape index (κ2) is 5.33. The summed E-state index contributed by atoms with van der Waals surface area (Å²) in [5, 5.41) is 3.34. The smallest absolute Gasteiger partial charge is 0.126 e. The van der Waals surface area contributed by atoms with E-state index < -0.39 is 0 Å². The first-order valence-corrected chi connectivity index (χ1v) is 7.27. The highest BCUT2D eigenvalue weighted by molar-refractivity contribution is 7.12. The zero-order chi connectivity index (χ0) is 14.0. The maximum atomic E-state index is 13.2. The van der Waals surface area contributed by atoms with Gasteiger partial charge in [0.25, 0.3) is 0 Å². The molecule has 0 aliphatic heterocycles. The van der Waals surface area contributed by atoms with Gasteiger partial charge in [-0.3, -0.25) is 0 Å². The SMILES string of the molecule is Cc1cc(NCc2ccc(C(C)(C)C)s2)ccc1F. The van der Waals surface area contributed by atoms with Crippen molar-refractivity contribution >= 4 is 17.0 Å². The molecule has 102 valence electrons. The van der Waals surface area contributed by atoms with Crippen molar-refractivity contribution in [1.82, 2.24) is 0 Å². The van der Waals surface area contributed by atoms with E-state index in [4.69, 9.17) is 0 Å². The number of hydrogen-bond acceptors (Lipinski definition) is 2. The summed E-state index contributed by atoms with van der Waals surface area (Å²) in [5.41, 5.74) is 1.84. The van der Waals surface area contributed by atoms with Gasteiger partial charge >= 0.3 is 0 Å². The number of nitrogens with one attached hydrogen (secondary N) is 1. The molecule has 1 aromatic carbocycles. The second-order valence-corrected chi connectivity index (χ2v) is 7.00. The molecule has 1 N–H and O–H groups in total. The highest BCUT2D eigenvalue weighted by atomic mass is 32.1. The van der Waals surface area contributed by atoms with Crippen molar-refractivity contribution in [3.8, 4) is 0 Å². The third-order valence-electron chi connectivity index (χ3n) is 3.03. The molecule has 1 heterocycles. The van der Waals surface area contributed by atoms with Crippen LogP contribution < -0.4 is 5.32 Å². The van der Waals surface area contributed by atoms with Gasteiger partial charge in [-0.25, -0.2) is 4.39 Å². The van der Waals surface area contributed by atoms with Crippen LogP contribution >= 0.6 is 11.3 Å². The average molecular weight is 277 g/mol. The lowest BCUT2D eigenvalue weighted by atomic mass is 9.95. The number of hydrogen-bond donors (Lipinski definition) is 1. The Morgan fingerprint density at radius 3 is 2.47 bits per heavy atom. The Morgan fingerprint density at radius 2 is 1.89 bits per heavy atom. The van der Waals surface area contributed by atoms with E-state index >= 15 is 0 Å². The number of anilines is 1. The fourth-order valence-corrected chi connectivity index (χ4v) is 2.83. The summed E-state index contributed by atoms with van der Waals surface area (Å²) in [6.45, 7) is 9.23. The van der Waals surface area contributed by atoms with Gasteiger partial charge in [0.2, 0.25) is 0 Å². The maximum Gasteiger partial charge on any atom is 0.126 e. The minimum absolute atomic E-state index is 0.156. The monoisotopic (exact) mass is 277 g/mol. The molecular weight excluding hydrogens is 257 g/mol. The highest BCUT2D eigenvalue weighted by Crippen LogP contribution is 2.29. The molecule has 1 nitrogen and oxygen atoms in total. The van der Waals surface area contributed by atoms with Gasteiger partial charge < -0.3 is 5.32 Å². The normalized spacial score (nSPS) is 11.6. The summed E-state index contributed by atoms with van der Waals surface area (Å²) < 4.78 is 13.2. The summed E-state index contributed by atoms with van der Waals surface area (Å²) in [5.74, 6) is -0.156. The van der Waals surface area contributed by atoms with Crippen LogP contribution in [0.3, 0.4) is 0 Å². The van der Waals surface area contributed by atoms with Gasteiger partial charge in [0.15, 0.2) is 0 Å². The first-order chi connectivity index (χ1) is 8.86. The topological polar surface area (TPSA) is 12.0 Å². The minimum atomic E-state index is -0.156. The van der Waals surface area contributed by atoms with Crippen molar-refractivity contribution in [2.24, 2.45) is 0 Å². The van der Waals surface area contributed by atoms with Crippen molar-refractivity contribution in [3.63, 3.8) is 0 Å². The van der Waals surface area contributed by atoms with Gasteiger partial charge in [0.1, 0.15) is 5.82 Å². The third kappa shape index (κ3) is 3.57. The van der Waals surface area contributed by atoms with Gasteiger partial charge in [-0.05, 0) is 48.2 Å². The van der Waals surface area contributed by atoms with E-state index in [1.54, 1.807) is 13.0 Å². The van der Waals surface area contributed by atoms with Gasteiger partial charge in [-0.1, -0.05) is 20.8 Å². The summed E-state index contributed by atoms with van der Waals surface area (Å²) in [7, 11) is 0. The molecule has 0 unspecified atom stereocenters. The summed E-state index contributed by atoms with van der Waals surface area (Å²) in [6.07, 6.45) is 0. The highest BCUT2D eigenvalue weighted by Gasteiger charge is 2.15. The Balaban J connectivity index is 2.02. The van der Waals surface area contributed by atoms with Crippen LogP contribution in [0, 0.1) is 12.7 Å². The summed E-state index contributed by atoms with van der Waals surface area (Å²) in [4.78, 5) is 2.69. The molecular formula is C16H20FNS. The molecule has 1 aromatic heterocycles. The van der Waals surface area contributed by atoms with Gasteiger partial charge in [-0.15, -0.1) is 11.3 Å². The number of aryl methyl sites for hydroxylation is 1. The van der Waals surface area contributed by atoms with E-state index in [0.29, 0.717) is 5.56 Å². The summed E-state index contributed by atoms with van der Waals surface area (Å²) in [6, 6.07) is 9.48. The van der Waals surface area contributed by atoms with Crippen LogP contribution in [0.4, 0.5) is 10.1 Å². The predicted molar refractivity (Wildman–Crippen MR) is 81.5 cm³/mol. The number of thiophene rings is 1. The van der Waals surface area contributed by atoms with Crippen molar-refractivity contribution < 1.29 is 4.39 Å². The van der Waals surface area contributed by atoms with E-state index in [9.17, 15) is 4.39 Å². The van der Waals surface area contributed by atoms with Crippen LogP contribution in [0.1, 0.15) is 36.1 Å². The standard InChI is InChI=1S/C16H20FNS/c1-11-9-12(5-7-14(11)17)18-10-13-6-8-15(19-13)16(2,3)4/h5-9,18H,10H2,1-4H3. The van der Waals surface area contributed by atoms with Crippen molar-refractivity contribution in [2.45, 2.75) is 39.7 Å². The number of rotatable bonds is 3. The molecule has 0 spiro atoms. The molecule has 0 aliphatic carbocycles. The molecule has 0 fully saturated rings. The van der Waals surface area contributed by atoms with E-state index in [1.165, 1.54) is 15.8 Å². The fraction of sp³-hybridized carbons (Fsp3) is 0.375. The zero-order valence-corrected chi connectivity index (χ0v) is 12.7. The van der Waals surface area contributed by atoms with E-state index in [1.807, 2.05) is 17.4 Å². The van der Waals surface area contributed by atoms with Gasteiger partial charge in [-0.2, -0.15) is 0 Å². The van der Waals surface area contributed by atoms with Crippen molar-refractivity contribution in [3.05, 3.63) is 51.5 Å². The lowest BCUT2D eigenvalue weighted by molar-refractivity contribution is 0.604. The van der Waals surface area contributed by atoms with Crippen LogP contribution in [-0.2, 0) is 12.0 Å². The molecule has 0 atom stereocenters. The zero-order valence-electron chi connectivity index (χ0n) is 11.9. The molecule has 19 heavy (non-hydrogen) atoms. The minimum Gasteiger partial charge on any atom is -0.380 e. The van der Waals surface area contributed by atoms with E-state index in [-0.39, 0.29) is 11.2 Å². The van der Waals surface area contributed by atoms with Gasteiger partial charge in [0, 0.05) is 22.0 Å². The van der Waals surface area contributed by atoms with Crippen molar-refractivity contribution in [2.75, 3.05) is 5.32 Å². The Labute approximate surface area is 118 Å². The lowest BCUT2D eigenvalue weighted by Crippen LogP contribution is -2.07. The summed E-state index contributed by atoms with van der Waals surface area (Å²) >= 11 is 1.83. The van der Waals surface area contributed by atoms with Crippen LogP contribution in [0.2, 0.25) is 0 Å². The maximum absolute atomic E-state index is 13.2. The van der Waals surface area contributed by atoms with E-state index in [2.05, 4.69) is 38.2 Å². The molecule has 2 rings (SSSR count). The Kier molecular flexibility index (Phi) is 3.95. The third-order valence-corrected chi connectivity index (χ3v) is 4.54. The molecule has 2 aromatic rings. The molecule has 3 heteroatoms. The Bertz CT molecular complexity index is 566. The fourth-order valence-electron chi connectivity index (χ4n) is 1.82. The number of benzene rings is 1. The molecule has 0 saturated carbocycles. The first kappa shape index (κ1) is 14.1. The molecule has 0 aliphatic rings. The van der Waals surface area contributed by atoms with Crippen molar-refractivity contribution in [1.29, 1.82) is 0 Å². The second-order valence-electron chi connectivity index (χ2n) is 5.83. The van der Waals surface area contributed by atoms with Crippen LogP contribution in [0.5, 0.6) is 0 Å². The largest absolute Gasteiger partial charge is 0.380 e. The molecule has 0 bridgehead atoms. The molecule has 0 saturated heterocycles.